The first-order chi connectivity index (χ1) is 38.0. The minimum absolute atomic E-state index is 0.404. The van der Waals surface area contributed by atoms with Gasteiger partial charge < -0.3 is 18.6 Å². The maximum atomic E-state index is 6.84. The molecule has 1 aliphatic carbocycles. The number of benzene rings is 13. The third-order valence-electron chi connectivity index (χ3n) is 16.6. The van der Waals surface area contributed by atoms with E-state index in [1.54, 1.807) is 0 Å². The number of furan rings is 2. The van der Waals surface area contributed by atoms with E-state index < -0.39 is 5.41 Å². The lowest BCUT2D eigenvalue weighted by Gasteiger charge is -2.38. The van der Waals surface area contributed by atoms with Gasteiger partial charge in [0.25, 0.3) is 0 Å². The van der Waals surface area contributed by atoms with E-state index in [2.05, 4.69) is 266 Å². The highest BCUT2D eigenvalue weighted by atomic mass is 16.3. The Hall–Kier alpha value is -9.90. The molecule has 2 aromatic heterocycles. The summed E-state index contributed by atoms with van der Waals surface area (Å²) in [5, 5.41) is 14.0. The molecule has 1 aliphatic rings. The second-order valence-electron chi connectivity index (χ2n) is 21.1. The Balaban J connectivity index is 0.962. The lowest BCUT2D eigenvalue weighted by atomic mass is 9.66. The van der Waals surface area contributed by atoms with Crippen LogP contribution in [0.25, 0.3) is 109 Å². The summed E-state index contributed by atoms with van der Waals surface area (Å²) in [6, 6.07) is 92.8. The molecule has 0 saturated heterocycles. The number of anilines is 6. The summed E-state index contributed by atoms with van der Waals surface area (Å²) in [6.07, 6.45) is 0. The summed E-state index contributed by atoms with van der Waals surface area (Å²) >= 11 is 0. The second-order valence-corrected chi connectivity index (χ2v) is 21.1. The predicted octanol–water partition coefficient (Wildman–Crippen LogP) is 21.0. The van der Waals surface area contributed by atoms with Crippen molar-refractivity contribution < 1.29 is 8.83 Å². The van der Waals surface area contributed by atoms with E-state index in [0.717, 1.165) is 83.4 Å². The van der Waals surface area contributed by atoms with Gasteiger partial charge in [0.05, 0.1) is 22.7 Å². The summed E-state index contributed by atoms with van der Waals surface area (Å²) in [5.74, 6) is 0. The zero-order chi connectivity index (χ0) is 50.9. The molecule has 0 N–H and O–H groups in total. The van der Waals surface area contributed by atoms with Crippen LogP contribution in [0.15, 0.2) is 264 Å². The normalized spacial score (nSPS) is 12.9. The molecule has 0 saturated carbocycles. The fourth-order valence-electron chi connectivity index (χ4n) is 13.1. The van der Waals surface area contributed by atoms with Crippen LogP contribution in [0.4, 0.5) is 34.1 Å². The summed E-state index contributed by atoms with van der Waals surface area (Å²) < 4.78 is 13.7. The van der Waals surface area contributed by atoms with E-state index in [-0.39, 0.29) is 0 Å². The topological polar surface area (TPSA) is 32.8 Å². The van der Waals surface area contributed by atoms with Crippen molar-refractivity contribution in [2.75, 3.05) is 9.80 Å². The largest absolute Gasteiger partial charge is 0.454 e. The highest BCUT2D eigenvalue weighted by molar-refractivity contribution is 6.25. The van der Waals surface area contributed by atoms with Gasteiger partial charge in [-0.15, -0.1) is 0 Å². The molecule has 0 fully saturated rings. The number of nitrogens with zero attached hydrogens (tertiary/aromatic N) is 2. The number of para-hydroxylation sites is 4. The molecule has 77 heavy (non-hydrogen) atoms. The van der Waals surface area contributed by atoms with E-state index in [4.69, 9.17) is 8.83 Å². The van der Waals surface area contributed by atoms with Gasteiger partial charge in [-0.1, -0.05) is 208 Å². The Kier molecular flexibility index (Phi) is 9.35. The third kappa shape index (κ3) is 6.39. The molecule has 0 bridgehead atoms. The quantitative estimate of drug-likeness (QED) is 0.149. The first-order valence-electron chi connectivity index (χ1n) is 26.6. The maximum absolute atomic E-state index is 6.84. The van der Waals surface area contributed by atoms with Gasteiger partial charge in [0.1, 0.15) is 11.2 Å². The molecule has 15 aromatic rings. The van der Waals surface area contributed by atoms with Gasteiger partial charge in [0, 0.05) is 49.1 Å². The van der Waals surface area contributed by atoms with Gasteiger partial charge in [-0.3, -0.25) is 0 Å². The molecule has 0 aliphatic heterocycles. The number of hydrogen-bond acceptors (Lipinski definition) is 4. The molecule has 362 valence electrons. The van der Waals surface area contributed by atoms with Crippen LogP contribution in [0.3, 0.4) is 0 Å². The summed E-state index contributed by atoms with van der Waals surface area (Å²) in [4.78, 5) is 4.84. The zero-order valence-corrected chi connectivity index (χ0v) is 42.5. The van der Waals surface area contributed by atoms with Crippen molar-refractivity contribution in [1.82, 2.24) is 0 Å². The first kappa shape index (κ1) is 43.5. The average molecular weight is 985 g/mol. The molecule has 13 aromatic carbocycles. The number of hydrogen-bond donors (Lipinski definition) is 0. The lowest BCUT2D eigenvalue weighted by molar-refractivity contribution is 0.645. The van der Waals surface area contributed by atoms with E-state index in [1.807, 2.05) is 12.1 Å². The van der Waals surface area contributed by atoms with Gasteiger partial charge in [0.2, 0.25) is 0 Å². The fraction of sp³-hybridized carbons (Fsp3) is 0.0411. The number of rotatable bonds is 7. The van der Waals surface area contributed by atoms with Crippen LogP contribution in [-0.2, 0) is 5.41 Å². The van der Waals surface area contributed by atoms with Crippen LogP contribution in [0.2, 0.25) is 0 Å². The van der Waals surface area contributed by atoms with Crippen molar-refractivity contribution in [3.63, 3.8) is 0 Å². The number of fused-ring (bicyclic) bond motifs is 12. The minimum Gasteiger partial charge on any atom is -0.454 e. The summed E-state index contributed by atoms with van der Waals surface area (Å²) in [7, 11) is 0. The first-order valence-corrected chi connectivity index (χ1v) is 26.6. The van der Waals surface area contributed by atoms with Crippen molar-refractivity contribution in [3.8, 4) is 22.3 Å². The highest BCUT2D eigenvalue weighted by Gasteiger charge is 2.37. The third-order valence-corrected chi connectivity index (χ3v) is 16.6. The van der Waals surface area contributed by atoms with Crippen molar-refractivity contribution in [2.24, 2.45) is 0 Å². The molecule has 4 nitrogen and oxygen atoms in total. The SMILES string of the molecule is CC1(C)c2cc(N(c3cccc4ccccc34)c3cccc4c3oc3ccccc34)ccc2-c2c(-c3ccccc3)c3ccc(N(c4cccc5ccccc45)c4cccc5c4oc4ccccc45)cc3c3cccc1c23. The van der Waals surface area contributed by atoms with E-state index in [9.17, 15) is 0 Å². The molecule has 0 spiro atoms. The molecule has 0 unspecified atom stereocenters. The van der Waals surface area contributed by atoms with Crippen LogP contribution in [0, 0.1) is 0 Å². The summed E-state index contributed by atoms with van der Waals surface area (Å²) in [5.41, 5.74) is 16.8. The van der Waals surface area contributed by atoms with Gasteiger partial charge in [-0.2, -0.15) is 0 Å². The van der Waals surface area contributed by atoms with E-state index >= 15 is 0 Å². The van der Waals surface area contributed by atoms with Gasteiger partial charge in [-0.25, -0.2) is 0 Å². The van der Waals surface area contributed by atoms with Crippen LogP contribution in [0.5, 0.6) is 0 Å². The molecule has 16 rings (SSSR count). The lowest BCUT2D eigenvalue weighted by Crippen LogP contribution is -2.25. The van der Waals surface area contributed by atoms with Crippen molar-refractivity contribution in [1.29, 1.82) is 0 Å². The van der Waals surface area contributed by atoms with E-state index in [0.29, 0.717) is 0 Å². The molecule has 0 atom stereocenters. The van der Waals surface area contributed by atoms with E-state index in [1.165, 1.54) is 71.1 Å². The van der Waals surface area contributed by atoms with Gasteiger partial charge >= 0.3 is 0 Å². The van der Waals surface area contributed by atoms with Gasteiger partial charge in [0.15, 0.2) is 11.2 Å². The van der Waals surface area contributed by atoms with Crippen LogP contribution in [0.1, 0.15) is 25.0 Å². The standard InChI is InChI=1S/C73H48N2O2/c1-73(2)60-32-16-29-54-59-43-48(74(62-33-14-23-45-19-6-8-25-50(45)62)64-35-17-30-56-52-27-10-12-37-66(52)76-71(56)64)39-41-55(59)68(47-21-4-3-5-22-47)70(69(54)60)58-42-40-49(44-61(58)73)75(63-34-15-24-46-20-7-9-26-51(46)63)65-36-18-31-57-53-28-11-13-38-67(53)77-72(57)65/h3-44H,1-2H3. The van der Waals surface area contributed by atoms with Crippen molar-refractivity contribution in [3.05, 3.63) is 266 Å². The summed E-state index contributed by atoms with van der Waals surface area (Å²) in [6.45, 7) is 4.82. The molecular weight excluding hydrogens is 937 g/mol. The van der Waals surface area contributed by atoms with Crippen LogP contribution >= 0.6 is 0 Å². The van der Waals surface area contributed by atoms with Crippen LogP contribution < -0.4 is 9.80 Å². The Labute approximate surface area is 444 Å². The Bertz CT molecular complexity index is 4920. The molecule has 4 heteroatoms. The van der Waals surface area contributed by atoms with Gasteiger partial charge in [-0.05, 0) is 126 Å². The van der Waals surface area contributed by atoms with Crippen molar-refractivity contribution >= 4 is 121 Å². The highest BCUT2D eigenvalue weighted by Crippen LogP contribution is 2.57. The van der Waals surface area contributed by atoms with Crippen LogP contribution in [-0.4, -0.2) is 0 Å². The fourth-order valence-corrected chi connectivity index (χ4v) is 13.1. The monoisotopic (exact) mass is 984 g/mol. The Morgan fingerprint density at radius 2 is 0.779 bits per heavy atom. The maximum Gasteiger partial charge on any atom is 0.159 e. The molecular formula is C73H48N2O2. The molecule has 0 amide bonds. The molecule has 2 heterocycles. The Morgan fingerprint density at radius 3 is 1.40 bits per heavy atom. The smallest absolute Gasteiger partial charge is 0.159 e. The van der Waals surface area contributed by atoms with Crippen molar-refractivity contribution in [2.45, 2.75) is 19.3 Å². The predicted molar refractivity (Wildman–Crippen MR) is 323 cm³/mol. The zero-order valence-electron chi connectivity index (χ0n) is 42.5. The Morgan fingerprint density at radius 1 is 0.312 bits per heavy atom. The molecule has 0 radical (unpaired) electrons. The minimum atomic E-state index is -0.404. The average Bonchev–Trinajstić information content (AvgIpc) is 4.23. The second kappa shape index (κ2) is 16.6.